The zero-order valence-electron chi connectivity index (χ0n) is 5.57. The van der Waals surface area contributed by atoms with Gasteiger partial charge in [0, 0.05) is 27.1 Å². The molecule has 0 spiro atoms. The Balaban J connectivity index is 3.27. The standard InChI is InChI=1S/C5H9N3OS/c1-10(7,9)3-2-8-4-5(10)6/h2-4,6H,1H3,(H2,7,9). The van der Waals surface area contributed by atoms with Crippen molar-refractivity contribution in [3.63, 3.8) is 0 Å². The highest BCUT2D eigenvalue weighted by Crippen LogP contribution is 2.17. The third kappa shape index (κ3) is 1.05. The molecule has 1 aliphatic rings. The Kier molecular flexibility index (Phi) is 1.18. The van der Waals surface area contributed by atoms with Gasteiger partial charge in [-0.25, -0.2) is 0 Å². The van der Waals surface area contributed by atoms with E-state index < -0.39 is 9.25 Å². The van der Waals surface area contributed by atoms with Crippen LogP contribution in [0.15, 0.2) is 16.6 Å². The number of rotatable bonds is 0. The van der Waals surface area contributed by atoms with Gasteiger partial charge >= 0.3 is 0 Å². The molecular weight excluding hydrogens is 150 g/mol. The highest BCUT2D eigenvalue weighted by Gasteiger charge is 2.28. The molecule has 0 radical (unpaired) electrons. The molecule has 0 atom stereocenters. The number of nitrogens with one attached hydrogen (secondary N) is 1. The molecule has 0 amide bonds. The average Bonchev–Trinajstić information content (AvgIpc) is 1.76. The fourth-order valence-electron chi connectivity index (χ4n) is 0.506. The minimum absolute atomic E-state index is 0.112. The van der Waals surface area contributed by atoms with Crippen molar-refractivity contribution >= 4 is 20.5 Å². The highest BCUT2D eigenvalue weighted by atomic mass is 32.3. The molecule has 0 unspecified atom stereocenters. The smallest absolute Gasteiger partial charge is 0.131 e. The molecular formula is C5H9N3OS. The molecule has 5 heteroatoms. The summed E-state index contributed by atoms with van der Waals surface area (Å²) in [5.74, 6) is 0. The van der Waals surface area contributed by atoms with Crippen LogP contribution in [0, 0.1) is 5.41 Å². The van der Waals surface area contributed by atoms with Gasteiger partial charge in [0.25, 0.3) is 0 Å². The third-order valence-electron chi connectivity index (χ3n) is 1.24. The summed E-state index contributed by atoms with van der Waals surface area (Å²) in [7, 11) is -3.41. The molecule has 0 aromatic carbocycles. The molecule has 56 valence electrons. The second kappa shape index (κ2) is 1.62. The van der Waals surface area contributed by atoms with Gasteiger partial charge in [0.2, 0.25) is 0 Å². The predicted octanol–water partition coefficient (Wildman–Crippen LogP) is -0.157. The minimum atomic E-state index is -3.41. The van der Waals surface area contributed by atoms with Crippen LogP contribution in [0.2, 0.25) is 0 Å². The number of nitrogens with zero attached hydrogens (tertiary/aromatic N) is 1. The summed E-state index contributed by atoms with van der Waals surface area (Å²) < 4.78 is 11.5. The molecule has 10 heavy (non-hydrogen) atoms. The van der Waals surface area contributed by atoms with Gasteiger partial charge in [-0.1, -0.05) is 0 Å². The van der Waals surface area contributed by atoms with Gasteiger partial charge < -0.3 is 0 Å². The number of hydrogen-bond acceptors (Lipinski definition) is 3. The molecule has 1 heterocycles. The zero-order valence-corrected chi connectivity index (χ0v) is 6.39. The van der Waals surface area contributed by atoms with E-state index in [-0.39, 0.29) is 5.04 Å². The molecule has 1 rings (SSSR count). The fourth-order valence-corrected chi connectivity index (χ4v) is 1.36. The lowest BCUT2D eigenvalue weighted by Crippen LogP contribution is -2.47. The van der Waals surface area contributed by atoms with E-state index in [0.29, 0.717) is 0 Å². The Morgan fingerprint density at radius 2 is 2.40 bits per heavy atom. The number of nitrogens with two attached hydrogens (primary N) is 1. The van der Waals surface area contributed by atoms with E-state index in [2.05, 4.69) is 4.99 Å². The van der Waals surface area contributed by atoms with Crippen LogP contribution in [0.5, 0.6) is 0 Å². The molecule has 1 aliphatic heterocycles. The molecule has 0 saturated carbocycles. The third-order valence-corrected chi connectivity index (χ3v) is 3.27. The van der Waals surface area contributed by atoms with Crippen molar-refractivity contribution in [2.24, 2.45) is 10.1 Å². The van der Waals surface area contributed by atoms with Gasteiger partial charge in [-0.05, 0) is 0 Å². The number of aliphatic imine (C=N–C) groups is 1. The molecule has 3 N–H and O–H groups in total. The summed E-state index contributed by atoms with van der Waals surface area (Å²) in [5, 5.41) is 13.8. The van der Waals surface area contributed by atoms with E-state index in [0.717, 1.165) is 0 Å². The van der Waals surface area contributed by atoms with Crippen molar-refractivity contribution in [2.45, 2.75) is 0 Å². The van der Waals surface area contributed by atoms with E-state index in [1.54, 1.807) is 0 Å². The van der Waals surface area contributed by atoms with Gasteiger partial charge in [-0.2, -0.15) is 0 Å². The van der Waals surface area contributed by atoms with Gasteiger partial charge in [-0.3, -0.25) is 19.7 Å². The van der Waals surface area contributed by atoms with Crippen LogP contribution in [0.1, 0.15) is 0 Å². The van der Waals surface area contributed by atoms with Crippen LogP contribution in [-0.2, 0) is 9.25 Å². The van der Waals surface area contributed by atoms with Gasteiger partial charge in [0.1, 0.15) is 5.04 Å². The molecule has 0 aliphatic carbocycles. The van der Waals surface area contributed by atoms with Gasteiger partial charge in [-0.15, -0.1) is 0 Å². The van der Waals surface area contributed by atoms with Gasteiger partial charge in [0.15, 0.2) is 0 Å². The minimum Gasteiger partial charge on any atom is -0.291 e. The molecule has 4 nitrogen and oxygen atoms in total. The van der Waals surface area contributed by atoms with E-state index in [1.807, 2.05) is 0 Å². The fraction of sp³-hybridized carbons (Fsp3) is 0.200. The zero-order chi connectivity index (χ0) is 7.85. The maximum atomic E-state index is 11.5. The molecule has 0 aromatic heterocycles. The Morgan fingerprint density at radius 3 is 2.70 bits per heavy atom. The van der Waals surface area contributed by atoms with Crippen molar-refractivity contribution in [1.82, 2.24) is 0 Å². The number of hydrogen-bond donors (Lipinski definition) is 2. The van der Waals surface area contributed by atoms with E-state index in [9.17, 15) is 4.21 Å². The Morgan fingerprint density at radius 1 is 1.80 bits per heavy atom. The van der Waals surface area contributed by atoms with Crippen molar-refractivity contribution in [2.75, 3.05) is 6.26 Å². The van der Waals surface area contributed by atoms with E-state index >= 15 is 0 Å². The first kappa shape index (κ1) is 7.30. The maximum absolute atomic E-state index is 11.5. The summed E-state index contributed by atoms with van der Waals surface area (Å²) in [6.45, 7) is 0. The van der Waals surface area contributed by atoms with E-state index in [1.165, 1.54) is 24.1 Å². The van der Waals surface area contributed by atoms with Crippen molar-refractivity contribution in [1.29, 1.82) is 5.41 Å². The van der Waals surface area contributed by atoms with Crippen LogP contribution < -0.4 is 5.14 Å². The topological polar surface area (TPSA) is 79.3 Å². The summed E-state index contributed by atoms with van der Waals surface area (Å²) in [5.41, 5.74) is 0. The van der Waals surface area contributed by atoms with Crippen LogP contribution in [0.3, 0.4) is 0 Å². The second-order valence-electron chi connectivity index (χ2n) is 2.42. The van der Waals surface area contributed by atoms with Crippen LogP contribution in [0.4, 0.5) is 0 Å². The second-order valence-corrected chi connectivity index (χ2v) is 6.11. The Bertz CT molecular complexity index is 296. The molecule has 0 saturated heterocycles. The quantitative estimate of drug-likeness (QED) is 0.506. The lowest BCUT2D eigenvalue weighted by atomic mass is 10.8. The largest absolute Gasteiger partial charge is 0.291 e. The molecule has 0 fully saturated rings. The first-order chi connectivity index (χ1) is 4.40. The first-order valence-corrected chi connectivity index (χ1v) is 5.14. The maximum Gasteiger partial charge on any atom is 0.131 e. The van der Waals surface area contributed by atoms with Crippen molar-refractivity contribution < 1.29 is 4.21 Å². The Hall–Kier alpha value is -0.810. The SMILES string of the molecule is CS1(N)(=O)C=CN=CC1=N. The van der Waals surface area contributed by atoms with Crippen molar-refractivity contribution in [3.8, 4) is 0 Å². The molecule has 0 bridgehead atoms. The average molecular weight is 159 g/mol. The monoisotopic (exact) mass is 159 g/mol. The summed E-state index contributed by atoms with van der Waals surface area (Å²) >= 11 is 0. The lowest BCUT2D eigenvalue weighted by molar-refractivity contribution is 0.676. The summed E-state index contributed by atoms with van der Waals surface area (Å²) in [4.78, 5) is 3.62. The predicted molar refractivity (Wildman–Crippen MR) is 43.6 cm³/mol. The lowest BCUT2D eigenvalue weighted by Gasteiger charge is -2.29. The van der Waals surface area contributed by atoms with Gasteiger partial charge in [0.05, 0.1) is 6.21 Å². The van der Waals surface area contributed by atoms with Crippen LogP contribution in [0.25, 0.3) is 0 Å². The summed E-state index contributed by atoms with van der Waals surface area (Å²) in [6, 6.07) is 0. The summed E-state index contributed by atoms with van der Waals surface area (Å²) in [6.07, 6.45) is 3.91. The first-order valence-electron chi connectivity index (χ1n) is 2.64. The van der Waals surface area contributed by atoms with E-state index in [4.69, 9.17) is 10.5 Å². The van der Waals surface area contributed by atoms with Crippen LogP contribution in [-0.4, -0.2) is 21.7 Å². The normalized spacial score (nSPS) is 31.0. The molecule has 0 aromatic rings. The van der Waals surface area contributed by atoms with Crippen LogP contribution >= 0.6 is 0 Å². The van der Waals surface area contributed by atoms with Crippen molar-refractivity contribution in [3.05, 3.63) is 11.6 Å². The Labute approximate surface area is 58.9 Å². The highest BCUT2D eigenvalue weighted by molar-refractivity contribution is 8.33.